The number of anilines is 1. The van der Waals surface area contributed by atoms with Crippen LogP contribution in [0.25, 0.3) is 55.8 Å². The minimum absolute atomic E-state index is 0.212. The summed E-state index contributed by atoms with van der Waals surface area (Å²) in [6.45, 7) is 2.19. The van der Waals surface area contributed by atoms with Crippen molar-refractivity contribution in [2.24, 2.45) is 0 Å². The molecular formula is C31H31F2N9. The average Bonchev–Trinajstić information content (AvgIpc) is 3.57. The second-order valence-corrected chi connectivity index (χ2v) is 10.9. The monoisotopic (exact) mass is 567 g/mol. The Kier molecular flexibility index (Phi) is 7.36. The van der Waals surface area contributed by atoms with Gasteiger partial charge >= 0.3 is 0 Å². The van der Waals surface area contributed by atoms with Gasteiger partial charge in [-0.2, -0.15) is 5.10 Å². The summed E-state index contributed by atoms with van der Waals surface area (Å²) in [5, 5.41) is 11.0. The lowest BCUT2D eigenvalue weighted by molar-refractivity contribution is 0.402. The van der Waals surface area contributed by atoms with Gasteiger partial charge in [-0.05, 0) is 81.8 Å². The van der Waals surface area contributed by atoms with Crippen LogP contribution in [-0.4, -0.2) is 81.2 Å². The van der Waals surface area contributed by atoms with Crippen LogP contribution in [-0.2, 0) is 6.54 Å². The van der Waals surface area contributed by atoms with Crippen molar-refractivity contribution in [1.82, 2.24) is 39.9 Å². The Morgan fingerprint density at radius 3 is 2.55 bits per heavy atom. The number of aromatic amines is 2. The molecule has 42 heavy (non-hydrogen) atoms. The quantitative estimate of drug-likeness (QED) is 0.211. The normalized spacial score (nSPS) is 11.8. The maximum Gasteiger partial charge on any atom is 0.157 e. The summed E-state index contributed by atoms with van der Waals surface area (Å²) in [4.78, 5) is 21.1. The molecule has 4 aromatic heterocycles. The van der Waals surface area contributed by atoms with Crippen LogP contribution < -0.4 is 5.32 Å². The molecule has 0 aliphatic heterocycles. The number of rotatable bonds is 9. The van der Waals surface area contributed by atoms with Crippen molar-refractivity contribution in [2.75, 3.05) is 46.6 Å². The zero-order chi connectivity index (χ0) is 29.4. The number of halogens is 2. The minimum atomic E-state index is -0.449. The standard InChI is InChI=1S/C31H31F2N9/c1-41(2)8-7-35-23-11-20(10-22(32)14-23)27-30-26(5-6-36-27)37-31(38-30)29-24-12-19(13-25(33)28(24)39-40-29)21-9-18(15-34-16-21)17-42(3)4/h5-6,9-16,35H,7-8,17H2,1-4H3,(H,37,38)(H,39,40). The van der Waals surface area contributed by atoms with Crippen molar-refractivity contribution in [1.29, 1.82) is 0 Å². The number of H-pyrrole nitrogens is 2. The number of hydrogen-bond acceptors (Lipinski definition) is 7. The van der Waals surface area contributed by atoms with E-state index in [4.69, 9.17) is 4.98 Å². The van der Waals surface area contributed by atoms with E-state index >= 15 is 4.39 Å². The first-order valence-electron chi connectivity index (χ1n) is 13.6. The number of fused-ring (bicyclic) bond motifs is 2. The van der Waals surface area contributed by atoms with E-state index in [9.17, 15) is 4.39 Å². The number of imidazole rings is 1. The van der Waals surface area contributed by atoms with Gasteiger partial charge in [0.2, 0.25) is 0 Å². The van der Waals surface area contributed by atoms with Gasteiger partial charge < -0.3 is 20.1 Å². The van der Waals surface area contributed by atoms with E-state index in [1.54, 1.807) is 18.5 Å². The van der Waals surface area contributed by atoms with Crippen LogP contribution in [0.2, 0.25) is 0 Å². The van der Waals surface area contributed by atoms with Gasteiger partial charge in [0.15, 0.2) is 11.6 Å². The van der Waals surface area contributed by atoms with Gasteiger partial charge in [0.25, 0.3) is 0 Å². The highest BCUT2D eigenvalue weighted by molar-refractivity contribution is 5.98. The van der Waals surface area contributed by atoms with Crippen molar-refractivity contribution in [3.8, 4) is 33.9 Å². The zero-order valence-electron chi connectivity index (χ0n) is 23.8. The molecular weight excluding hydrogens is 536 g/mol. The number of benzene rings is 2. The van der Waals surface area contributed by atoms with Crippen molar-refractivity contribution in [2.45, 2.75) is 6.54 Å². The molecule has 11 heteroatoms. The molecule has 0 saturated carbocycles. The SMILES string of the molecule is CN(C)CCNc1cc(F)cc(-c2nccc3[nH]c(-c4[nH]nc5c(F)cc(-c6cncc(CN(C)C)c6)cc45)nc23)c1. The lowest BCUT2D eigenvalue weighted by Crippen LogP contribution is -2.20. The van der Waals surface area contributed by atoms with E-state index in [1.165, 1.54) is 18.2 Å². The molecule has 0 aliphatic carbocycles. The molecule has 214 valence electrons. The minimum Gasteiger partial charge on any atom is -0.384 e. The molecule has 6 aromatic rings. The highest BCUT2D eigenvalue weighted by Gasteiger charge is 2.19. The van der Waals surface area contributed by atoms with Crippen LogP contribution in [0.5, 0.6) is 0 Å². The topological polar surface area (TPSA) is 102 Å². The van der Waals surface area contributed by atoms with Gasteiger partial charge in [-0.1, -0.05) is 0 Å². The summed E-state index contributed by atoms with van der Waals surface area (Å²) in [5.74, 6) is -0.352. The summed E-state index contributed by atoms with van der Waals surface area (Å²) in [7, 11) is 7.94. The number of hydrogen-bond donors (Lipinski definition) is 3. The summed E-state index contributed by atoms with van der Waals surface area (Å²) in [6.07, 6.45) is 5.19. The molecule has 0 amide bonds. The second-order valence-electron chi connectivity index (χ2n) is 10.9. The van der Waals surface area contributed by atoms with Crippen LogP contribution >= 0.6 is 0 Å². The number of aromatic nitrogens is 6. The van der Waals surface area contributed by atoms with Gasteiger partial charge in [-0.3, -0.25) is 15.1 Å². The smallest absolute Gasteiger partial charge is 0.157 e. The van der Waals surface area contributed by atoms with Crippen molar-refractivity contribution >= 4 is 27.6 Å². The Hall–Kier alpha value is -4.74. The second kappa shape index (κ2) is 11.3. The van der Waals surface area contributed by atoms with E-state index in [-0.39, 0.29) is 11.3 Å². The first kappa shape index (κ1) is 27.4. The number of nitrogens with one attached hydrogen (secondary N) is 3. The first-order valence-corrected chi connectivity index (χ1v) is 13.6. The predicted molar refractivity (Wildman–Crippen MR) is 162 cm³/mol. The largest absolute Gasteiger partial charge is 0.384 e. The van der Waals surface area contributed by atoms with Gasteiger partial charge in [-0.15, -0.1) is 0 Å². The third-order valence-electron chi connectivity index (χ3n) is 6.94. The Bertz CT molecular complexity index is 1890. The molecule has 0 spiro atoms. The van der Waals surface area contributed by atoms with Crippen LogP contribution in [0.3, 0.4) is 0 Å². The van der Waals surface area contributed by atoms with Gasteiger partial charge in [0, 0.05) is 60.4 Å². The van der Waals surface area contributed by atoms with Crippen molar-refractivity contribution in [3.63, 3.8) is 0 Å². The van der Waals surface area contributed by atoms with E-state index in [1.807, 2.05) is 57.5 Å². The molecule has 0 aliphatic rings. The lowest BCUT2D eigenvalue weighted by Gasteiger charge is -2.12. The zero-order valence-corrected chi connectivity index (χ0v) is 23.8. The lowest BCUT2D eigenvalue weighted by atomic mass is 10.0. The molecule has 0 saturated heterocycles. The van der Waals surface area contributed by atoms with E-state index in [2.05, 4.69) is 35.4 Å². The summed E-state index contributed by atoms with van der Waals surface area (Å²) in [6, 6.07) is 11.9. The molecule has 0 unspecified atom stereocenters. The Labute approximate surface area is 241 Å². The summed E-state index contributed by atoms with van der Waals surface area (Å²) >= 11 is 0. The summed E-state index contributed by atoms with van der Waals surface area (Å²) < 4.78 is 29.9. The molecule has 3 N–H and O–H groups in total. The van der Waals surface area contributed by atoms with Crippen LogP contribution in [0.4, 0.5) is 14.5 Å². The van der Waals surface area contributed by atoms with Crippen molar-refractivity contribution in [3.05, 3.63) is 78.3 Å². The highest BCUT2D eigenvalue weighted by atomic mass is 19.1. The number of pyridine rings is 2. The van der Waals surface area contributed by atoms with Crippen LogP contribution in [0, 0.1) is 11.6 Å². The molecule has 0 radical (unpaired) electrons. The van der Waals surface area contributed by atoms with Crippen molar-refractivity contribution < 1.29 is 8.78 Å². The molecule has 4 heterocycles. The Morgan fingerprint density at radius 1 is 0.881 bits per heavy atom. The van der Waals surface area contributed by atoms with Gasteiger partial charge in [-0.25, -0.2) is 13.8 Å². The molecule has 0 bridgehead atoms. The van der Waals surface area contributed by atoms with Crippen LogP contribution in [0.1, 0.15) is 5.56 Å². The van der Waals surface area contributed by atoms with E-state index < -0.39 is 5.82 Å². The predicted octanol–water partition coefficient (Wildman–Crippen LogP) is 5.54. The maximum atomic E-state index is 15.3. The fraction of sp³-hybridized carbons (Fsp3) is 0.226. The van der Waals surface area contributed by atoms with E-state index in [0.29, 0.717) is 57.0 Å². The molecule has 9 nitrogen and oxygen atoms in total. The maximum absolute atomic E-state index is 15.3. The first-order chi connectivity index (χ1) is 20.2. The van der Waals surface area contributed by atoms with Gasteiger partial charge in [0.1, 0.15) is 22.5 Å². The highest BCUT2D eigenvalue weighted by Crippen LogP contribution is 2.34. The number of likely N-dealkylation sites (N-methyl/N-ethyl adjacent to an activating group) is 1. The number of nitrogens with zero attached hydrogens (tertiary/aromatic N) is 6. The Morgan fingerprint density at radius 2 is 1.74 bits per heavy atom. The average molecular weight is 568 g/mol. The van der Waals surface area contributed by atoms with Crippen LogP contribution in [0.15, 0.2) is 61.1 Å². The van der Waals surface area contributed by atoms with Gasteiger partial charge in [0.05, 0.1) is 11.2 Å². The molecule has 6 rings (SSSR count). The fourth-order valence-corrected chi connectivity index (χ4v) is 5.04. The Balaban J connectivity index is 1.40. The molecule has 0 fully saturated rings. The molecule has 0 atom stereocenters. The fourth-order valence-electron chi connectivity index (χ4n) is 5.04. The van der Waals surface area contributed by atoms with E-state index in [0.717, 1.165) is 24.2 Å². The third-order valence-corrected chi connectivity index (χ3v) is 6.94. The third kappa shape index (κ3) is 5.56. The molecule has 2 aromatic carbocycles. The summed E-state index contributed by atoms with van der Waals surface area (Å²) in [5.41, 5.74) is 6.33.